The Bertz CT molecular complexity index is 392. The molecule has 1 heterocycles. The Morgan fingerprint density at radius 1 is 1.47 bits per heavy atom. The van der Waals surface area contributed by atoms with E-state index in [0.717, 1.165) is 36.9 Å². The van der Waals surface area contributed by atoms with Gasteiger partial charge in [-0.05, 0) is 63.0 Å². The van der Waals surface area contributed by atoms with Gasteiger partial charge in [-0.15, -0.1) is 0 Å². The van der Waals surface area contributed by atoms with Crippen LogP contribution in [0.2, 0.25) is 0 Å². The number of hydrogen-bond acceptors (Lipinski definition) is 3. The van der Waals surface area contributed by atoms with E-state index < -0.39 is 0 Å². The van der Waals surface area contributed by atoms with Gasteiger partial charge in [0.25, 0.3) is 0 Å². The molecule has 1 aromatic carbocycles. The first kappa shape index (κ1) is 14.3. The summed E-state index contributed by atoms with van der Waals surface area (Å²) in [5.74, 6) is 1.30. The molecular weight excluding hydrogens is 243 g/mol. The van der Waals surface area contributed by atoms with E-state index in [-0.39, 0.29) is 5.82 Å². The van der Waals surface area contributed by atoms with Crippen molar-refractivity contribution in [3.63, 3.8) is 0 Å². The molecule has 0 amide bonds. The fourth-order valence-electron chi connectivity index (χ4n) is 2.58. The molecule has 106 valence electrons. The third-order valence-electron chi connectivity index (χ3n) is 3.69. The quantitative estimate of drug-likeness (QED) is 0.775. The van der Waals surface area contributed by atoms with E-state index in [1.54, 1.807) is 13.2 Å². The van der Waals surface area contributed by atoms with E-state index >= 15 is 0 Å². The lowest BCUT2D eigenvalue weighted by molar-refractivity contribution is 0.351. The Kier molecular flexibility index (Phi) is 5.61. The van der Waals surface area contributed by atoms with E-state index in [4.69, 9.17) is 4.74 Å². The molecule has 2 N–H and O–H groups in total. The minimum Gasteiger partial charge on any atom is -0.496 e. The Morgan fingerprint density at radius 2 is 2.37 bits per heavy atom. The third-order valence-corrected chi connectivity index (χ3v) is 3.69. The number of nitrogens with one attached hydrogen (secondary N) is 2. The molecule has 0 aromatic heterocycles. The molecule has 0 spiro atoms. The summed E-state index contributed by atoms with van der Waals surface area (Å²) in [6, 6.07) is 4.64. The number of ether oxygens (including phenoxy) is 1. The van der Waals surface area contributed by atoms with Crippen molar-refractivity contribution in [2.24, 2.45) is 5.92 Å². The molecular formula is C15H23FN2O. The van der Waals surface area contributed by atoms with Gasteiger partial charge in [0.2, 0.25) is 0 Å². The highest BCUT2D eigenvalue weighted by Crippen LogP contribution is 2.19. The van der Waals surface area contributed by atoms with E-state index in [0.29, 0.717) is 6.54 Å². The second kappa shape index (κ2) is 7.46. The van der Waals surface area contributed by atoms with Crippen molar-refractivity contribution in [2.75, 3.05) is 26.7 Å². The monoisotopic (exact) mass is 266 g/mol. The summed E-state index contributed by atoms with van der Waals surface area (Å²) in [4.78, 5) is 0. The van der Waals surface area contributed by atoms with Crippen LogP contribution in [0.15, 0.2) is 18.2 Å². The van der Waals surface area contributed by atoms with Crippen LogP contribution in [0.4, 0.5) is 4.39 Å². The van der Waals surface area contributed by atoms with Crippen LogP contribution in [0, 0.1) is 11.7 Å². The standard InChI is InChI=1S/C15H23FN2O/c1-19-15-5-4-14(16)9-13(15)11-18-8-6-12-3-2-7-17-10-12/h4-5,9,12,17-18H,2-3,6-8,10-11H2,1H3. The molecule has 1 saturated heterocycles. The molecule has 1 aliphatic heterocycles. The van der Waals surface area contributed by atoms with Crippen molar-refractivity contribution in [1.82, 2.24) is 10.6 Å². The fraction of sp³-hybridized carbons (Fsp3) is 0.600. The van der Waals surface area contributed by atoms with Crippen LogP contribution in [-0.2, 0) is 6.54 Å². The average molecular weight is 266 g/mol. The molecule has 1 aromatic rings. The highest BCUT2D eigenvalue weighted by atomic mass is 19.1. The van der Waals surface area contributed by atoms with Crippen LogP contribution in [0.5, 0.6) is 5.75 Å². The average Bonchev–Trinajstić information content (AvgIpc) is 2.45. The zero-order chi connectivity index (χ0) is 13.5. The summed E-state index contributed by atoms with van der Waals surface area (Å²) in [7, 11) is 1.62. The Balaban J connectivity index is 1.74. The van der Waals surface area contributed by atoms with E-state index in [2.05, 4.69) is 10.6 Å². The van der Waals surface area contributed by atoms with Gasteiger partial charge in [-0.3, -0.25) is 0 Å². The summed E-state index contributed by atoms with van der Waals surface area (Å²) in [6.07, 6.45) is 3.77. The lowest BCUT2D eigenvalue weighted by Crippen LogP contribution is -2.31. The van der Waals surface area contributed by atoms with Crippen molar-refractivity contribution < 1.29 is 9.13 Å². The van der Waals surface area contributed by atoms with Gasteiger partial charge in [0.1, 0.15) is 11.6 Å². The minimum absolute atomic E-state index is 0.214. The van der Waals surface area contributed by atoms with Crippen molar-refractivity contribution in [2.45, 2.75) is 25.8 Å². The third kappa shape index (κ3) is 4.48. The van der Waals surface area contributed by atoms with Gasteiger partial charge in [-0.2, -0.15) is 0 Å². The molecule has 0 bridgehead atoms. The zero-order valence-corrected chi connectivity index (χ0v) is 11.5. The lowest BCUT2D eigenvalue weighted by atomic mass is 9.96. The maximum absolute atomic E-state index is 13.2. The summed E-state index contributed by atoms with van der Waals surface area (Å²) >= 11 is 0. The van der Waals surface area contributed by atoms with Crippen LogP contribution in [0.1, 0.15) is 24.8 Å². The maximum atomic E-state index is 13.2. The molecule has 1 aliphatic rings. The van der Waals surface area contributed by atoms with Gasteiger partial charge < -0.3 is 15.4 Å². The highest BCUT2D eigenvalue weighted by molar-refractivity contribution is 5.33. The Hall–Kier alpha value is -1.13. The second-order valence-corrected chi connectivity index (χ2v) is 5.13. The number of methoxy groups -OCH3 is 1. The van der Waals surface area contributed by atoms with Crippen LogP contribution in [-0.4, -0.2) is 26.7 Å². The zero-order valence-electron chi connectivity index (χ0n) is 11.5. The largest absolute Gasteiger partial charge is 0.496 e. The van der Waals surface area contributed by atoms with Crippen LogP contribution in [0.25, 0.3) is 0 Å². The van der Waals surface area contributed by atoms with Gasteiger partial charge in [0.15, 0.2) is 0 Å². The van der Waals surface area contributed by atoms with Gasteiger partial charge in [0.05, 0.1) is 7.11 Å². The maximum Gasteiger partial charge on any atom is 0.123 e. The fourth-order valence-corrected chi connectivity index (χ4v) is 2.58. The number of hydrogen-bond donors (Lipinski definition) is 2. The van der Waals surface area contributed by atoms with Crippen molar-refractivity contribution in [3.8, 4) is 5.75 Å². The molecule has 4 heteroatoms. The normalized spacial score (nSPS) is 19.4. The lowest BCUT2D eigenvalue weighted by Gasteiger charge is -2.22. The van der Waals surface area contributed by atoms with Gasteiger partial charge in [-0.25, -0.2) is 4.39 Å². The summed E-state index contributed by atoms with van der Waals surface area (Å²) in [5, 5.41) is 6.80. The van der Waals surface area contributed by atoms with Crippen LogP contribution in [0.3, 0.4) is 0 Å². The van der Waals surface area contributed by atoms with Gasteiger partial charge in [0, 0.05) is 12.1 Å². The van der Waals surface area contributed by atoms with Crippen molar-refractivity contribution in [1.29, 1.82) is 0 Å². The first-order valence-corrected chi connectivity index (χ1v) is 7.03. The van der Waals surface area contributed by atoms with E-state index in [9.17, 15) is 4.39 Å². The van der Waals surface area contributed by atoms with Crippen LogP contribution >= 0.6 is 0 Å². The number of halogens is 1. The van der Waals surface area contributed by atoms with E-state index in [1.807, 2.05) is 0 Å². The predicted octanol–water partition coefficient (Wildman–Crippen LogP) is 2.31. The topological polar surface area (TPSA) is 33.3 Å². The molecule has 19 heavy (non-hydrogen) atoms. The van der Waals surface area contributed by atoms with E-state index in [1.165, 1.54) is 31.4 Å². The smallest absolute Gasteiger partial charge is 0.123 e. The predicted molar refractivity (Wildman–Crippen MR) is 74.9 cm³/mol. The molecule has 3 nitrogen and oxygen atoms in total. The number of benzene rings is 1. The molecule has 2 rings (SSSR count). The van der Waals surface area contributed by atoms with Gasteiger partial charge in [-0.1, -0.05) is 0 Å². The summed E-state index contributed by atoms with van der Waals surface area (Å²) < 4.78 is 18.4. The summed E-state index contributed by atoms with van der Waals surface area (Å²) in [6.45, 7) is 3.91. The van der Waals surface area contributed by atoms with Crippen molar-refractivity contribution >= 4 is 0 Å². The molecule has 1 fully saturated rings. The minimum atomic E-state index is -0.214. The first-order chi connectivity index (χ1) is 9.29. The molecule has 0 saturated carbocycles. The number of rotatable bonds is 6. The Morgan fingerprint density at radius 3 is 3.11 bits per heavy atom. The van der Waals surface area contributed by atoms with Gasteiger partial charge >= 0.3 is 0 Å². The van der Waals surface area contributed by atoms with Crippen molar-refractivity contribution in [3.05, 3.63) is 29.6 Å². The molecule has 0 radical (unpaired) electrons. The SMILES string of the molecule is COc1ccc(F)cc1CNCCC1CCCNC1. The Labute approximate surface area is 114 Å². The molecule has 0 aliphatic carbocycles. The first-order valence-electron chi connectivity index (χ1n) is 7.03. The highest BCUT2D eigenvalue weighted by Gasteiger charge is 2.12. The second-order valence-electron chi connectivity index (χ2n) is 5.13. The summed E-state index contributed by atoms with van der Waals surface area (Å²) in [5.41, 5.74) is 0.879. The van der Waals surface area contributed by atoms with Crippen LogP contribution < -0.4 is 15.4 Å². The molecule has 1 unspecified atom stereocenters. The molecule has 1 atom stereocenters. The number of piperidine rings is 1.